The van der Waals surface area contributed by atoms with E-state index < -0.39 is 53.7 Å². The molecule has 3 saturated heterocycles. The van der Waals surface area contributed by atoms with Crippen LogP contribution in [0.5, 0.6) is 0 Å². The second-order valence-electron chi connectivity index (χ2n) is 23.2. The topological polar surface area (TPSA) is 162 Å². The number of likely N-dealkylation sites (N-methyl/N-ethyl adjacent to an activating group) is 2. The largest absolute Gasteiger partial charge is 0.464 e. The third-order valence-corrected chi connectivity index (χ3v) is 16.2. The molecular weight excluding hydrogens is 985 g/mol. The first-order chi connectivity index (χ1) is 36.6. The Labute approximate surface area is 452 Å². The van der Waals surface area contributed by atoms with Gasteiger partial charge >= 0.3 is 12.0 Å². The van der Waals surface area contributed by atoms with Crippen molar-refractivity contribution in [3.63, 3.8) is 0 Å². The zero-order valence-electron chi connectivity index (χ0n) is 46.7. The Kier molecular flexibility index (Phi) is 17.6. The number of cyclic esters (lactones) is 1. The minimum Gasteiger partial charge on any atom is -0.464 e. The summed E-state index contributed by atoms with van der Waals surface area (Å²) in [5.41, 5.74) is 8.23. The number of urea groups is 1. The molecule has 5 amide bonds. The third kappa shape index (κ3) is 12.5. The number of methoxy groups -OCH3 is 1. The number of hydrazine groups is 1. The van der Waals surface area contributed by atoms with Crippen LogP contribution in [0.4, 0.5) is 13.6 Å². The van der Waals surface area contributed by atoms with E-state index in [2.05, 4.69) is 22.2 Å². The lowest BCUT2D eigenvalue weighted by atomic mass is 9.78. The van der Waals surface area contributed by atoms with Gasteiger partial charge in [-0.1, -0.05) is 52.0 Å². The van der Waals surface area contributed by atoms with Crippen LogP contribution >= 0.6 is 0 Å². The minimum atomic E-state index is -2.86. The lowest BCUT2D eigenvalue weighted by Gasteiger charge is -2.42. The molecule has 16 nitrogen and oxygen atoms in total. The van der Waals surface area contributed by atoms with Gasteiger partial charge in [0.05, 0.1) is 24.1 Å². The van der Waals surface area contributed by atoms with Gasteiger partial charge in [0.2, 0.25) is 11.8 Å². The van der Waals surface area contributed by atoms with Crippen LogP contribution in [0, 0.1) is 16.7 Å². The van der Waals surface area contributed by atoms with Crippen LogP contribution in [-0.4, -0.2) is 156 Å². The van der Waals surface area contributed by atoms with E-state index in [4.69, 9.17) is 14.5 Å². The fraction of sp³-hybridized carbons (Fsp3) is 0.559. The Morgan fingerprint density at radius 1 is 0.974 bits per heavy atom. The van der Waals surface area contributed by atoms with Crippen molar-refractivity contribution in [2.24, 2.45) is 16.7 Å². The van der Waals surface area contributed by atoms with Gasteiger partial charge in [-0.25, -0.2) is 19.0 Å². The van der Waals surface area contributed by atoms with E-state index in [-0.39, 0.29) is 48.6 Å². The van der Waals surface area contributed by atoms with E-state index >= 15 is 8.78 Å². The fourth-order valence-corrected chi connectivity index (χ4v) is 11.9. The first kappa shape index (κ1) is 56.9. The standard InChI is InChI=1S/C59H79F2N9O7/c1-11-69-48-19-18-40-33-44(48)45(52(69)43-15-12-23-62-50(43)38(4)76-10)34-58(5,6)36-77-56(74)46-16-13-25-70(64-46)55(73)47(31-39-29-41(40)32-42(30-39)53(60)61)63-54(72)51(37(2)3)66(9)57(75)67-26-20-59(21-27-67)22-28-68(35-59)49(71)17-14-24-65(7)8/h12,14-15,17-19,23,29-30,32-33,37-38,46-47,51,53,64H,11,13,16,20-22,24-28,31,34-36H2,1-10H3,(H,63,72)/b17-14+/t38-,46-,47-,51-/m0/s1. The maximum Gasteiger partial charge on any atom is 0.324 e. The van der Waals surface area contributed by atoms with Crippen molar-refractivity contribution < 1.29 is 42.2 Å². The van der Waals surface area contributed by atoms with Crippen LogP contribution < -0.4 is 10.7 Å². The zero-order valence-corrected chi connectivity index (χ0v) is 46.7. The summed E-state index contributed by atoms with van der Waals surface area (Å²) in [6.07, 6.45) is 5.48. The second kappa shape index (κ2) is 23.8. The molecule has 2 aromatic heterocycles. The average molecular weight is 1060 g/mol. The molecule has 6 bridgehead atoms. The lowest BCUT2D eigenvalue weighted by Crippen LogP contribution is -2.62. The van der Waals surface area contributed by atoms with Crippen molar-refractivity contribution in [3.05, 3.63) is 89.3 Å². The Balaban J connectivity index is 1.12. The summed E-state index contributed by atoms with van der Waals surface area (Å²) in [4.78, 5) is 83.1. The Morgan fingerprint density at radius 3 is 2.38 bits per heavy atom. The summed E-state index contributed by atoms with van der Waals surface area (Å²) in [6, 6.07) is 11.0. The second-order valence-corrected chi connectivity index (χ2v) is 23.2. The summed E-state index contributed by atoms with van der Waals surface area (Å²) in [5.74, 6) is -2.07. The van der Waals surface area contributed by atoms with E-state index in [0.29, 0.717) is 88.1 Å². The van der Waals surface area contributed by atoms with Crippen LogP contribution in [0.3, 0.4) is 0 Å². The number of aromatic nitrogens is 2. The van der Waals surface area contributed by atoms with Crippen LogP contribution in [0.1, 0.15) is 109 Å². The summed E-state index contributed by atoms with van der Waals surface area (Å²) in [6.45, 7) is 15.5. The number of nitrogens with one attached hydrogen (secondary N) is 2. The van der Waals surface area contributed by atoms with Crippen LogP contribution in [0.2, 0.25) is 0 Å². The lowest BCUT2D eigenvalue weighted by molar-refractivity contribution is -0.155. The van der Waals surface area contributed by atoms with Gasteiger partial charge in [0.25, 0.3) is 12.3 Å². The van der Waals surface area contributed by atoms with Gasteiger partial charge in [-0.2, -0.15) is 0 Å². The molecule has 4 aliphatic rings. The molecule has 6 heterocycles. The molecule has 3 fully saturated rings. The summed E-state index contributed by atoms with van der Waals surface area (Å²) < 4.78 is 44.4. The minimum absolute atomic E-state index is 0.00762. The molecular formula is C59H79F2N9O7. The molecule has 0 unspecified atom stereocenters. The smallest absolute Gasteiger partial charge is 0.324 e. The van der Waals surface area contributed by atoms with Crippen molar-refractivity contribution in [3.8, 4) is 22.4 Å². The number of likely N-dealkylation sites (tertiary alicyclic amines) is 2. The van der Waals surface area contributed by atoms with Crippen LogP contribution in [-0.2, 0) is 48.0 Å². The molecule has 0 saturated carbocycles. The summed E-state index contributed by atoms with van der Waals surface area (Å²) in [5, 5.41) is 5.22. The van der Waals surface area contributed by atoms with Gasteiger partial charge < -0.3 is 39.0 Å². The van der Waals surface area contributed by atoms with Gasteiger partial charge in [0.1, 0.15) is 18.1 Å². The molecule has 0 radical (unpaired) electrons. The van der Waals surface area contributed by atoms with E-state index in [1.807, 2.05) is 94.9 Å². The van der Waals surface area contributed by atoms with Crippen molar-refractivity contribution in [2.45, 2.75) is 124 Å². The highest BCUT2D eigenvalue weighted by Gasteiger charge is 2.44. The first-order valence-electron chi connectivity index (χ1n) is 27.3. The molecule has 4 atom stereocenters. The molecule has 4 aromatic rings. The highest BCUT2D eigenvalue weighted by atomic mass is 19.3. The van der Waals surface area contributed by atoms with Crippen molar-refractivity contribution in [2.75, 3.05) is 74.1 Å². The molecule has 77 heavy (non-hydrogen) atoms. The molecule has 2 aromatic carbocycles. The van der Waals surface area contributed by atoms with E-state index in [1.165, 1.54) is 22.0 Å². The summed E-state index contributed by atoms with van der Waals surface area (Å²) in [7, 11) is 7.14. The number of benzene rings is 2. The van der Waals surface area contributed by atoms with Gasteiger partial charge in [-0.15, -0.1) is 0 Å². The van der Waals surface area contributed by atoms with Crippen molar-refractivity contribution in [1.82, 2.24) is 44.9 Å². The Bertz CT molecular complexity index is 2860. The Morgan fingerprint density at radius 2 is 1.70 bits per heavy atom. The predicted molar refractivity (Wildman–Crippen MR) is 293 cm³/mol. The molecule has 0 aliphatic carbocycles. The number of alkyl halides is 2. The molecule has 2 N–H and O–H groups in total. The molecule has 8 rings (SSSR count). The fourth-order valence-electron chi connectivity index (χ4n) is 11.9. The normalized spacial score (nSPS) is 20.8. The van der Waals surface area contributed by atoms with Gasteiger partial charge in [-0.3, -0.25) is 29.2 Å². The summed E-state index contributed by atoms with van der Waals surface area (Å²) >= 11 is 0. The van der Waals surface area contributed by atoms with Crippen molar-refractivity contribution in [1.29, 1.82) is 0 Å². The number of pyridine rings is 1. The van der Waals surface area contributed by atoms with Crippen molar-refractivity contribution >= 4 is 40.6 Å². The number of nitrogens with zero attached hydrogens (tertiary/aromatic N) is 7. The Hall–Kier alpha value is -6.24. The van der Waals surface area contributed by atoms with E-state index in [9.17, 15) is 24.0 Å². The number of carbonyl (C=O) groups is 5. The number of halogens is 2. The SMILES string of the molecule is CCn1c(-c2cccnc2[C@H](C)OC)c2c3cc(ccc31)-c1cc(cc(C(F)F)c1)C[C@H](NC(=O)[C@H](C(C)C)N(C)C(=O)N1CCC3(CCN(C(=O)/C=C/CN(C)C)C3)CC1)C(=O)N1CCC[C@H](N1)C(=O)OCC(C)(C)C2. The molecule has 18 heteroatoms. The quantitative estimate of drug-likeness (QED) is 0.105. The number of piperidine rings is 1. The molecule has 1 spiro atoms. The molecule has 416 valence electrons. The number of hydrogen-bond acceptors (Lipinski definition) is 10. The van der Waals surface area contributed by atoms with Gasteiger partial charge in [-0.05, 0) is 130 Å². The number of esters is 1. The maximum absolute atomic E-state index is 15.1. The third-order valence-electron chi connectivity index (χ3n) is 16.2. The molecule has 4 aliphatic heterocycles. The number of aryl methyl sites for hydroxylation is 1. The number of amides is 5. The van der Waals surface area contributed by atoms with Gasteiger partial charge in [0, 0.05) is 106 Å². The highest BCUT2D eigenvalue weighted by molar-refractivity contribution is 5.96. The predicted octanol–water partition coefficient (Wildman–Crippen LogP) is 8.19. The number of hydrogen-bond donors (Lipinski definition) is 2. The maximum atomic E-state index is 15.1. The van der Waals surface area contributed by atoms with Crippen LogP contribution in [0.25, 0.3) is 33.3 Å². The van der Waals surface area contributed by atoms with E-state index in [1.54, 1.807) is 37.4 Å². The number of fused-ring (bicyclic) bond motifs is 6. The zero-order chi connectivity index (χ0) is 55.5. The first-order valence-corrected chi connectivity index (χ1v) is 27.3. The van der Waals surface area contributed by atoms with Crippen LogP contribution in [0.15, 0.2) is 66.9 Å². The monoisotopic (exact) mass is 1060 g/mol. The number of carbonyl (C=O) groups excluding carboxylic acids is 5. The highest BCUT2D eigenvalue weighted by Crippen LogP contribution is 2.43. The number of ether oxygens (including phenoxy) is 2. The van der Waals surface area contributed by atoms with E-state index in [0.717, 1.165) is 39.8 Å². The average Bonchev–Trinajstić information content (AvgIpc) is 4.13. The van der Waals surface area contributed by atoms with Gasteiger partial charge in [0.15, 0.2) is 0 Å². The number of rotatable bonds is 12.